The van der Waals surface area contributed by atoms with Gasteiger partial charge in [0.15, 0.2) is 11.3 Å². The quantitative estimate of drug-likeness (QED) is 0.456. The fourth-order valence-corrected chi connectivity index (χ4v) is 2.11. The lowest BCUT2D eigenvalue weighted by Gasteiger charge is -2.15. The highest BCUT2D eigenvalue weighted by molar-refractivity contribution is 7.47. The van der Waals surface area contributed by atoms with Crippen molar-refractivity contribution in [2.75, 3.05) is 6.61 Å². The van der Waals surface area contributed by atoms with Crippen LogP contribution in [0.1, 0.15) is 44.7 Å². The number of hydrogen-bond acceptors (Lipinski definition) is 5. The van der Waals surface area contributed by atoms with Crippen LogP contribution < -0.4 is 5.50 Å². The van der Waals surface area contributed by atoms with Crippen LogP contribution in [0, 0.1) is 5.41 Å². The predicted molar refractivity (Wildman–Crippen MR) is 72.4 cm³/mol. The van der Waals surface area contributed by atoms with Gasteiger partial charge in [0.25, 0.3) is 8.03 Å². The summed E-state index contributed by atoms with van der Waals surface area (Å²) in [6.45, 7) is 7.29. The third-order valence-electron chi connectivity index (χ3n) is 2.52. The predicted octanol–water partition coefficient (Wildman–Crippen LogP) is 2.60. The second kappa shape index (κ2) is 6.31. The van der Waals surface area contributed by atoms with Gasteiger partial charge in [0.2, 0.25) is 5.78 Å². The topological polar surface area (TPSA) is 73.6 Å². The summed E-state index contributed by atoms with van der Waals surface area (Å²) in [6.07, 6.45) is -0.216. The number of carbonyl (C=O) groups excluding carboxylic acids is 2. The molecule has 1 aromatic heterocycles. The molecule has 1 aromatic rings. The molecular formula is C13H19O5P. The molecule has 0 saturated heterocycles. The van der Waals surface area contributed by atoms with E-state index in [9.17, 15) is 14.2 Å². The first-order valence-corrected chi connectivity index (χ1v) is 7.40. The van der Waals surface area contributed by atoms with Crippen molar-refractivity contribution in [3.05, 3.63) is 17.9 Å². The van der Waals surface area contributed by atoms with Crippen molar-refractivity contribution in [3.63, 3.8) is 0 Å². The van der Waals surface area contributed by atoms with Crippen LogP contribution in [-0.2, 0) is 13.9 Å². The number of ketones is 2. The molecule has 106 valence electrons. The molecule has 0 radical (unpaired) electrons. The number of furan rings is 1. The zero-order valence-corrected chi connectivity index (χ0v) is 12.6. The molecular weight excluding hydrogens is 267 g/mol. The van der Waals surface area contributed by atoms with Crippen LogP contribution in [0.15, 0.2) is 16.5 Å². The molecule has 0 amide bonds. The molecule has 0 spiro atoms. The van der Waals surface area contributed by atoms with E-state index in [-0.39, 0.29) is 23.5 Å². The van der Waals surface area contributed by atoms with Gasteiger partial charge in [-0.05, 0) is 19.1 Å². The Morgan fingerprint density at radius 1 is 1.32 bits per heavy atom. The SMILES string of the molecule is CCO[PH](=O)c1ccc(C(=O)CC(=O)C(C)(C)C)o1. The lowest BCUT2D eigenvalue weighted by Crippen LogP contribution is -2.22. The Morgan fingerprint density at radius 3 is 2.47 bits per heavy atom. The normalized spacial score (nSPS) is 13.3. The molecule has 0 saturated carbocycles. The van der Waals surface area contributed by atoms with Crippen LogP contribution >= 0.6 is 8.03 Å². The van der Waals surface area contributed by atoms with Gasteiger partial charge in [0.05, 0.1) is 13.0 Å². The van der Waals surface area contributed by atoms with E-state index in [1.54, 1.807) is 27.7 Å². The van der Waals surface area contributed by atoms with Gasteiger partial charge >= 0.3 is 0 Å². The van der Waals surface area contributed by atoms with E-state index in [4.69, 9.17) is 8.94 Å². The fourth-order valence-electron chi connectivity index (χ4n) is 1.30. The Labute approximate surface area is 113 Å². The van der Waals surface area contributed by atoms with Crippen molar-refractivity contribution in [2.45, 2.75) is 34.1 Å². The first-order chi connectivity index (χ1) is 8.75. The second-order valence-corrected chi connectivity index (χ2v) is 6.51. The molecule has 6 heteroatoms. The summed E-state index contributed by atoms with van der Waals surface area (Å²) in [5.74, 6) is -0.518. The molecule has 19 heavy (non-hydrogen) atoms. The minimum absolute atomic E-state index is 0.0469. The molecule has 5 nitrogen and oxygen atoms in total. The van der Waals surface area contributed by atoms with Crippen LogP contribution in [0.3, 0.4) is 0 Å². The van der Waals surface area contributed by atoms with Crippen LogP contribution in [0.25, 0.3) is 0 Å². The maximum Gasteiger partial charge on any atom is 0.254 e. The zero-order chi connectivity index (χ0) is 14.6. The van der Waals surface area contributed by atoms with Crippen LogP contribution in [0.4, 0.5) is 0 Å². The maximum absolute atomic E-state index is 11.8. The van der Waals surface area contributed by atoms with Crippen LogP contribution in [0.5, 0.6) is 0 Å². The van der Waals surface area contributed by atoms with Crippen molar-refractivity contribution in [2.24, 2.45) is 5.41 Å². The average molecular weight is 286 g/mol. The van der Waals surface area contributed by atoms with E-state index >= 15 is 0 Å². The third kappa shape index (κ3) is 4.44. The van der Waals surface area contributed by atoms with E-state index in [0.29, 0.717) is 6.61 Å². The smallest absolute Gasteiger partial charge is 0.254 e. The Kier molecular flexibility index (Phi) is 5.27. The van der Waals surface area contributed by atoms with Gasteiger partial charge in [-0.25, -0.2) is 0 Å². The van der Waals surface area contributed by atoms with Gasteiger partial charge in [-0.3, -0.25) is 14.2 Å². The molecule has 1 rings (SSSR count). The Morgan fingerprint density at radius 2 is 1.95 bits per heavy atom. The molecule has 1 heterocycles. The lowest BCUT2D eigenvalue weighted by molar-refractivity contribution is -0.125. The van der Waals surface area contributed by atoms with Gasteiger partial charge in [-0.2, -0.15) is 0 Å². The summed E-state index contributed by atoms with van der Waals surface area (Å²) in [5.41, 5.74) is -0.414. The zero-order valence-electron chi connectivity index (χ0n) is 11.6. The number of Topliss-reactive ketones (excluding diaryl/α,β-unsaturated/α-hetero) is 2. The van der Waals surface area contributed by atoms with E-state index < -0.39 is 19.2 Å². The van der Waals surface area contributed by atoms with Gasteiger partial charge in [-0.15, -0.1) is 0 Å². The van der Waals surface area contributed by atoms with Crippen molar-refractivity contribution in [1.29, 1.82) is 0 Å². The van der Waals surface area contributed by atoms with Crippen molar-refractivity contribution < 1.29 is 23.1 Å². The molecule has 0 bridgehead atoms. The molecule has 0 aromatic carbocycles. The van der Waals surface area contributed by atoms with Crippen molar-refractivity contribution in [3.8, 4) is 0 Å². The van der Waals surface area contributed by atoms with E-state index in [0.717, 1.165) is 0 Å². The molecule has 0 aliphatic heterocycles. The van der Waals surface area contributed by atoms with Crippen molar-refractivity contribution in [1.82, 2.24) is 0 Å². The highest BCUT2D eigenvalue weighted by Gasteiger charge is 2.25. The molecule has 0 N–H and O–H groups in total. The lowest BCUT2D eigenvalue weighted by atomic mass is 9.88. The summed E-state index contributed by atoms with van der Waals surface area (Å²) in [6, 6.07) is 2.88. The molecule has 0 fully saturated rings. The Hall–Kier alpha value is -1.19. The summed E-state index contributed by atoms with van der Waals surface area (Å²) < 4.78 is 21.7. The highest BCUT2D eigenvalue weighted by atomic mass is 31.1. The Balaban J connectivity index is 2.74. The first kappa shape index (κ1) is 15.9. The summed E-state index contributed by atoms with van der Waals surface area (Å²) in [4.78, 5) is 23.6. The maximum atomic E-state index is 11.8. The summed E-state index contributed by atoms with van der Waals surface area (Å²) >= 11 is 0. The van der Waals surface area contributed by atoms with Gasteiger partial charge < -0.3 is 8.94 Å². The van der Waals surface area contributed by atoms with Crippen LogP contribution in [-0.4, -0.2) is 18.2 Å². The Bertz CT molecular complexity index is 495. The standard InChI is InChI=1S/C13H19O5P/c1-5-17-19(16)12-7-6-10(18-12)9(14)8-11(15)13(2,3)4/h6-7,19H,5,8H2,1-4H3. The van der Waals surface area contributed by atoms with E-state index in [1.165, 1.54) is 12.1 Å². The number of rotatable bonds is 6. The monoisotopic (exact) mass is 286 g/mol. The van der Waals surface area contributed by atoms with Crippen LogP contribution in [0.2, 0.25) is 0 Å². The summed E-state index contributed by atoms with van der Waals surface area (Å²) in [7, 11) is -2.44. The molecule has 1 unspecified atom stereocenters. The third-order valence-corrected chi connectivity index (χ3v) is 3.74. The fraction of sp³-hybridized carbons (Fsp3) is 0.538. The van der Waals surface area contributed by atoms with Gasteiger partial charge in [-0.1, -0.05) is 20.8 Å². The molecule has 1 atom stereocenters. The van der Waals surface area contributed by atoms with Gasteiger partial charge in [0.1, 0.15) is 5.78 Å². The molecule has 0 aliphatic rings. The second-order valence-electron chi connectivity index (χ2n) is 5.16. The van der Waals surface area contributed by atoms with Gasteiger partial charge in [0, 0.05) is 5.41 Å². The summed E-state index contributed by atoms with van der Waals surface area (Å²) in [5, 5.41) is 0. The van der Waals surface area contributed by atoms with E-state index in [1.807, 2.05) is 0 Å². The number of hydrogen-bond donors (Lipinski definition) is 0. The highest BCUT2D eigenvalue weighted by Crippen LogP contribution is 2.23. The number of carbonyl (C=O) groups is 2. The first-order valence-electron chi connectivity index (χ1n) is 6.09. The van der Waals surface area contributed by atoms with Crippen molar-refractivity contribution >= 4 is 25.1 Å². The minimum atomic E-state index is -2.44. The largest absolute Gasteiger partial charge is 0.448 e. The van der Waals surface area contributed by atoms with E-state index in [2.05, 4.69) is 0 Å². The average Bonchev–Trinajstić information content (AvgIpc) is 2.77. The minimum Gasteiger partial charge on any atom is -0.448 e. The molecule has 0 aliphatic carbocycles.